The molecule has 0 fully saturated rings. The molecule has 0 radical (unpaired) electrons. The molecule has 0 heterocycles. The molecule has 0 N–H and O–H groups in total. The van der Waals surface area contributed by atoms with Crippen molar-refractivity contribution in [2.24, 2.45) is 0 Å². The number of halogens is 4. The largest absolute Gasteiger partial charge is 0.423 e. The van der Waals surface area contributed by atoms with Gasteiger partial charge >= 0.3 is 11.9 Å². The first-order chi connectivity index (χ1) is 12.3. The summed E-state index contributed by atoms with van der Waals surface area (Å²) in [6.07, 6.45) is 1.54. The monoisotopic (exact) mass is 366 g/mol. The Hall–Kier alpha value is -3.42. The maximum absolute atomic E-state index is 14.2. The number of carbonyl (C=O) groups is 2. The molecule has 8 heteroatoms. The van der Waals surface area contributed by atoms with E-state index in [0.29, 0.717) is 24.3 Å². The van der Waals surface area contributed by atoms with Gasteiger partial charge in [0, 0.05) is 36.4 Å². The molecular formula is C18H10F4O4. The summed E-state index contributed by atoms with van der Waals surface area (Å²) >= 11 is 0. The van der Waals surface area contributed by atoms with E-state index in [0.717, 1.165) is 12.2 Å². The summed E-state index contributed by atoms with van der Waals surface area (Å²) in [5.74, 6) is -8.44. The van der Waals surface area contributed by atoms with E-state index in [1.807, 2.05) is 0 Å². The van der Waals surface area contributed by atoms with E-state index in [9.17, 15) is 27.2 Å². The first kappa shape index (κ1) is 18.9. The van der Waals surface area contributed by atoms with E-state index in [1.165, 1.54) is 0 Å². The van der Waals surface area contributed by atoms with Crippen molar-refractivity contribution >= 4 is 11.9 Å². The lowest BCUT2D eigenvalue weighted by Crippen LogP contribution is -2.06. The molecule has 4 nitrogen and oxygen atoms in total. The lowest BCUT2D eigenvalue weighted by Gasteiger charge is -2.11. The molecule has 0 aliphatic rings. The molecule has 2 aromatic rings. The van der Waals surface area contributed by atoms with Gasteiger partial charge in [0.2, 0.25) is 0 Å². The van der Waals surface area contributed by atoms with Gasteiger partial charge in [0.15, 0.2) is 0 Å². The van der Waals surface area contributed by atoms with Gasteiger partial charge in [-0.25, -0.2) is 27.2 Å². The molecule has 0 unspecified atom stereocenters. The molecule has 2 aromatic carbocycles. The SMILES string of the molecule is C=CC(=O)Oc1cc(F)c(-c2c(F)cc(OC(=O)C=C)cc2F)c(F)c1. The Morgan fingerprint density at radius 1 is 0.692 bits per heavy atom. The molecule has 0 atom stereocenters. The van der Waals surface area contributed by atoms with Crippen molar-refractivity contribution < 1.29 is 36.6 Å². The third kappa shape index (κ3) is 3.97. The van der Waals surface area contributed by atoms with E-state index < -0.39 is 57.8 Å². The first-order valence-corrected chi connectivity index (χ1v) is 6.93. The smallest absolute Gasteiger partial charge is 0.335 e. The molecule has 0 saturated heterocycles. The minimum Gasteiger partial charge on any atom is -0.423 e. The third-order valence-corrected chi connectivity index (χ3v) is 3.05. The number of esters is 2. The van der Waals surface area contributed by atoms with Gasteiger partial charge in [0.1, 0.15) is 34.8 Å². The summed E-state index contributed by atoms with van der Waals surface area (Å²) in [7, 11) is 0. The first-order valence-electron chi connectivity index (χ1n) is 6.93. The van der Waals surface area contributed by atoms with Crippen molar-refractivity contribution in [2.75, 3.05) is 0 Å². The zero-order chi connectivity index (χ0) is 19.4. The Kier molecular flexibility index (Phi) is 5.56. The Morgan fingerprint density at radius 3 is 1.19 bits per heavy atom. The Morgan fingerprint density at radius 2 is 0.962 bits per heavy atom. The fourth-order valence-electron chi connectivity index (χ4n) is 2.01. The summed E-state index contributed by atoms with van der Waals surface area (Å²) < 4.78 is 65.9. The highest BCUT2D eigenvalue weighted by Crippen LogP contribution is 2.35. The van der Waals surface area contributed by atoms with Crippen LogP contribution in [0.4, 0.5) is 17.6 Å². The van der Waals surface area contributed by atoms with E-state index in [-0.39, 0.29) is 0 Å². The van der Waals surface area contributed by atoms with Crippen LogP contribution in [0.2, 0.25) is 0 Å². The second kappa shape index (κ2) is 7.64. The molecule has 2 rings (SSSR count). The van der Waals surface area contributed by atoms with Crippen molar-refractivity contribution in [1.82, 2.24) is 0 Å². The number of hydrogen-bond donors (Lipinski definition) is 0. The summed E-state index contributed by atoms with van der Waals surface area (Å²) in [5, 5.41) is 0. The molecule has 134 valence electrons. The van der Waals surface area contributed by atoms with Crippen molar-refractivity contribution in [3.63, 3.8) is 0 Å². The van der Waals surface area contributed by atoms with Gasteiger partial charge < -0.3 is 9.47 Å². The molecule has 26 heavy (non-hydrogen) atoms. The van der Waals surface area contributed by atoms with Crippen LogP contribution >= 0.6 is 0 Å². The van der Waals surface area contributed by atoms with Gasteiger partial charge in [-0.2, -0.15) is 0 Å². The normalized spacial score (nSPS) is 10.2. The summed E-state index contributed by atoms with van der Waals surface area (Å²) in [4.78, 5) is 22.1. The van der Waals surface area contributed by atoms with Gasteiger partial charge in [-0.3, -0.25) is 0 Å². The average molecular weight is 366 g/mol. The summed E-state index contributed by atoms with van der Waals surface area (Å²) in [6, 6.07) is 2.35. The van der Waals surface area contributed by atoms with Crippen LogP contribution in [0.15, 0.2) is 49.6 Å². The van der Waals surface area contributed by atoms with Crippen LogP contribution in [-0.2, 0) is 9.59 Å². The zero-order valence-electron chi connectivity index (χ0n) is 13.0. The Balaban J connectivity index is 2.51. The Labute approximate surface area is 145 Å². The van der Waals surface area contributed by atoms with Crippen LogP contribution in [0.25, 0.3) is 11.1 Å². The second-order valence-electron chi connectivity index (χ2n) is 4.77. The molecule has 0 bridgehead atoms. The van der Waals surface area contributed by atoms with Crippen LogP contribution in [0.1, 0.15) is 0 Å². The highest BCUT2D eigenvalue weighted by atomic mass is 19.1. The van der Waals surface area contributed by atoms with Crippen LogP contribution in [-0.4, -0.2) is 11.9 Å². The number of benzene rings is 2. The highest BCUT2D eigenvalue weighted by Gasteiger charge is 2.23. The highest BCUT2D eigenvalue weighted by molar-refractivity contribution is 5.84. The number of hydrogen-bond acceptors (Lipinski definition) is 4. The Bertz CT molecular complexity index is 800. The maximum Gasteiger partial charge on any atom is 0.335 e. The minimum absolute atomic E-state index is 0.508. The van der Waals surface area contributed by atoms with Crippen LogP contribution in [0.5, 0.6) is 11.5 Å². The minimum atomic E-state index is -1.37. The van der Waals surface area contributed by atoms with Gasteiger partial charge in [0.05, 0.1) is 11.1 Å². The average Bonchev–Trinajstić information content (AvgIpc) is 2.56. The van der Waals surface area contributed by atoms with E-state index >= 15 is 0 Å². The van der Waals surface area contributed by atoms with E-state index in [1.54, 1.807) is 0 Å². The van der Waals surface area contributed by atoms with Crippen LogP contribution in [0, 0.1) is 23.3 Å². The molecule has 0 aromatic heterocycles. The van der Waals surface area contributed by atoms with E-state index in [4.69, 9.17) is 0 Å². The molecule has 0 spiro atoms. The van der Waals surface area contributed by atoms with Crippen molar-refractivity contribution in [3.8, 4) is 22.6 Å². The molecular weight excluding hydrogens is 356 g/mol. The molecule has 0 saturated carbocycles. The van der Waals surface area contributed by atoms with Crippen molar-refractivity contribution in [1.29, 1.82) is 0 Å². The number of rotatable bonds is 5. The topological polar surface area (TPSA) is 52.6 Å². The van der Waals surface area contributed by atoms with Crippen molar-refractivity contribution in [2.45, 2.75) is 0 Å². The predicted molar refractivity (Wildman–Crippen MR) is 83.4 cm³/mol. The quantitative estimate of drug-likeness (QED) is 0.346. The fourth-order valence-corrected chi connectivity index (χ4v) is 2.01. The number of carbonyl (C=O) groups excluding carboxylic acids is 2. The molecule has 0 amide bonds. The predicted octanol–water partition coefficient (Wildman–Crippen LogP) is 4.09. The van der Waals surface area contributed by atoms with Crippen LogP contribution < -0.4 is 9.47 Å². The van der Waals surface area contributed by atoms with Gasteiger partial charge in [-0.05, 0) is 0 Å². The van der Waals surface area contributed by atoms with Gasteiger partial charge in [-0.1, -0.05) is 13.2 Å². The zero-order valence-corrected chi connectivity index (χ0v) is 13.0. The van der Waals surface area contributed by atoms with E-state index in [2.05, 4.69) is 22.6 Å². The van der Waals surface area contributed by atoms with Gasteiger partial charge in [-0.15, -0.1) is 0 Å². The summed E-state index contributed by atoms with van der Waals surface area (Å²) in [5.41, 5.74) is -2.03. The number of ether oxygens (including phenoxy) is 2. The molecule has 0 aliphatic carbocycles. The standard InChI is InChI=1S/C18H10F4O4/c1-3-15(23)25-9-5-11(19)17(12(20)6-9)18-13(21)7-10(8-14(18)22)26-16(24)4-2/h3-8H,1-2H2. The third-order valence-electron chi connectivity index (χ3n) is 3.05. The van der Waals surface area contributed by atoms with Gasteiger partial charge in [0.25, 0.3) is 0 Å². The second-order valence-corrected chi connectivity index (χ2v) is 4.77. The summed E-state index contributed by atoms with van der Waals surface area (Å²) in [6.45, 7) is 6.24. The maximum atomic E-state index is 14.2. The lowest BCUT2D eigenvalue weighted by molar-refractivity contribution is -0.129. The van der Waals surface area contributed by atoms with Crippen LogP contribution in [0.3, 0.4) is 0 Å². The molecule has 0 aliphatic heterocycles. The van der Waals surface area contributed by atoms with Crippen molar-refractivity contribution in [3.05, 3.63) is 72.8 Å². The lowest BCUT2D eigenvalue weighted by atomic mass is 10.0. The fraction of sp³-hybridized carbons (Fsp3) is 0.